The predicted molar refractivity (Wildman–Crippen MR) is 101 cm³/mol. The molecule has 7 heteroatoms. The van der Waals surface area contributed by atoms with E-state index in [0.717, 1.165) is 16.7 Å². The smallest absolute Gasteiger partial charge is 0.315 e. The fourth-order valence-corrected chi connectivity index (χ4v) is 2.42. The first-order chi connectivity index (χ1) is 13.0. The molecular formula is C20H22N4O3. The molecule has 2 aromatic rings. The van der Waals surface area contributed by atoms with Crippen LogP contribution < -0.4 is 16.0 Å². The van der Waals surface area contributed by atoms with Crippen LogP contribution in [0.5, 0.6) is 5.75 Å². The summed E-state index contributed by atoms with van der Waals surface area (Å²) in [7, 11) is 0. The first-order valence-corrected chi connectivity index (χ1v) is 8.50. The number of benzene rings is 2. The number of phenolic OH excluding ortho intramolecular Hbond substituents is 1. The van der Waals surface area contributed by atoms with Crippen LogP contribution in [0.4, 0.5) is 4.79 Å². The zero-order valence-electron chi connectivity index (χ0n) is 15.0. The molecule has 4 N–H and O–H groups in total. The van der Waals surface area contributed by atoms with E-state index in [1.54, 1.807) is 12.1 Å². The molecule has 0 saturated heterocycles. The quantitative estimate of drug-likeness (QED) is 0.559. The lowest BCUT2D eigenvalue weighted by atomic mass is 10.1. The van der Waals surface area contributed by atoms with Crippen LogP contribution in [0.3, 0.4) is 0 Å². The number of hydrogen-bond donors (Lipinski definition) is 4. The van der Waals surface area contributed by atoms with Gasteiger partial charge in [0.15, 0.2) is 0 Å². The highest BCUT2D eigenvalue weighted by atomic mass is 16.3. The Morgan fingerprint density at radius 3 is 2.30 bits per heavy atom. The van der Waals surface area contributed by atoms with Gasteiger partial charge in [-0.15, -0.1) is 0 Å². The molecule has 0 spiro atoms. The lowest BCUT2D eigenvalue weighted by Crippen LogP contribution is -2.51. The first-order valence-electron chi connectivity index (χ1n) is 8.50. The summed E-state index contributed by atoms with van der Waals surface area (Å²) < 4.78 is 0. The third-order valence-electron chi connectivity index (χ3n) is 3.91. The molecule has 0 aliphatic carbocycles. The molecule has 0 aliphatic heterocycles. The van der Waals surface area contributed by atoms with E-state index in [0.29, 0.717) is 6.54 Å². The van der Waals surface area contributed by atoms with Gasteiger partial charge in [0.2, 0.25) is 5.91 Å². The monoisotopic (exact) mass is 366 g/mol. The van der Waals surface area contributed by atoms with Crippen molar-refractivity contribution >= 4 is 11.9 Å². The zero-order chi connectivity index (χ0) is 19.6. The Morgan fingerprint density at radius 2 is 1.67 bits per heavy atom. The van der Waals surface area contributed by atoms with Crippen LogP contribution in [0.25, 0.3) is 0 Å². The maximum atomic E-state index is 12.3. The largest absolute Gasteiger partial charge is 0.508 e. The van der Waals surface area contributed by atoms with Crippen molar-refractivity contribution in [3.05, 3.63) is 65.2 Å². The number of carbonyl (C=O) groups is 2. The Morgan fingerprint density at radius 1 is 1.04 bits per heavy atom. The fraction of sp³-hybridized carbons (Fsp3) is 0.250. The first kappa shape index (κ1) is 19.8. The maximum absolute atomic E-state index is 12.3. The van der Waals surface area contributed by atoms with Gasteiger partial charge in [0, 0.05) is 13.0 Å². The highest BCUT2D eigenvalue weighted by molar-refractivity contribution is 5.87. The number of nitrogens with zero attached hydrogens (tertiary/aromatic N) is 1. The number of aromatic hydroxyl groups is 1. The Bertz CT molecular complexity index is 811. The topological polar surface area (TPSA) is 114 Å². The molecule has 2 rings (SSSR count). The molecule has 2 aromatic carbocycles. The van der Waals surface area contributed by atoms with E-state index in [4.69, 9.17) is 5.26 Å². The second-order valence-electron chi connectivity index (χ2n) is 6.11. The summed E-state index contributed by atoms with van der Waals surface area (Å²) in [4.78, 5) is 24.5. The molecule has 0 aromatic heterocycles. The second kappa shape index (κ2) is 9.82. The van der Waals surface area contributed by atoms with Gasteiger partial charge in [0.05, 0.1) is 6.07 Å². The van der Waals surface area contributed by atoms with E-state index in [1.165, 1.54) is 12.1 Å². The molecule has 140 valence electrons. The molecular weight excluding hydrogens is 344 g/mol. The van der Waals surface area contributed by atoms with Crippen molar-refractivity contribution in [1.29, 1.82) is 5.26 Å². The summed E-state index contributed by atoms with van der Waals surface area (Å²) in [6.45, 7) is 2.17. The van der Waals surface area contributed by atoms with Crippen molar-refractivity contribution in [3.8, 4) is 11.8 Å². The number of phenols is 1. The molecule has 1 atom stereocenters. The van der Waals surface area contributed by atoms with Gasteiger partial charge < -0.3 is 21.1 Å². The Kier molecular flexibility index (Phi) is 7.20. The van der Waals surface area contributed by atoms with E-state index in [-0.39, 0.29) is 18.7 Å². The number of rotatable bonds is 7. The standard InChI is InChI=1S/C20H22N4O3/c1-14-2-4-16(5-3-14)13-23-20(27)24-18(19(26)22-11-10-21)12-15-6-8-17(25)9-7-15/h2-9,18,25H,11-13H2,1H3,(H,22,26)(H2,23,24,27). The van der Waals surface area contributed by atoms with Crippen molar-refractivity contribution in [2.45, 2.75) is 25.9 Å². The van der Waals surface area contributed by atoms with Gasteiger partial charge in [-0.05, 0) is 30.2 Å². The average molecular weight is 366 g/mol. The third kappa shape index (κ3) is 6.71. The number of hydrogen-bond acceptors (Lipinski definition) is 4. The number of aryl methyl sites for hydroxylation is 1. The molecule has 0 heterocycles. The van der Waals surface area contributed by atoms with Crippen LogP contribution in [0.2, 0.25) is 0 Å². The zero-order valence-corrected chi connectivity index (χ0v) is 15.0. The fourth-order valence-electron chi connectivity index (χ4n) is 2.42. The molecule has 0 bridgehead atoms. The second-order valence-corrected chi connectivity index (χ2v) is 6.11. The van der Waals surface area contributed by atoms with Crippen molar-refractivity contribution in [3.63, 3.8) is 0 Å². The molecule has 1 unspecified atom stereocenters. The van der Waals surface area contributed by atoms with E-state index in [1.807, 2.05) is 37.3 Å². The lowest BCUT2D eigenvalue weighted by molar-refractivity contribution is -0.122. The number of nitriles is 1. The third-order valence-corrected chi connectivity index (χ3v) is 3.91. The van der Waals surface area contributed by atoms with Gasteiger partial charge in [-0.2, -0.15) is 5.26 Å². The van der Waals surface area contributed by atoms with Crippen LogP contribution in [-0.2, 0) is 17.8 Å². The number of urea groups is 1. The SMILES string of the molecule is Cc1ccc(CNC(=O)NC(Cc2ccc(O)cc2)C(=O)NCC#N)cc1. The summed E-state index contributed by atoms with van der Waals surface area (Å²) in [6.07, 6.45) is 0.232. The molecule has 3 amide bonds. The van der Waals surface area contributed by atoms with Crippen LogP contribution in [0.1, 0.15) is 16.7 Å². The lowest BCUT2D eigenvalue weighted by Gasteiger charge is -2.18. The van der Waals surface area contributed by atoms with Crippen molar-refractivity contribution in [2.75, 3.05) is 6.54 Å². The Balaban J connectivity index is 1.97. The van der Waals surface area contributed by atoms with Gasteiger partial charge in [0.25, 0.3) is 0 Å². The van der Waals surface area contributed by atoms with Gasteiger partial charge in [-0.3, -0.25) is 4.79 Å². The minimum atomic E-state index is -0.846. The predicted octanol–water partition coefficient (Wildman–Crippen LogP) is 1.75. The normalized spacial score (nSPS) is 11.1. The average Bonchev–Trinajstić information content (AvgIpc) is 2.66. The van der Waals surface area contributed by atoms with E-state index in [2.05, 4.69) is 16.0 Å². The van der Waals surface area contributed by atoms with Gasteiger partial charge in [0.1, 0.15) is 18.3 Å². The van der Waals surface area contributed by atoms with Crippen molar-refractivity contribution in [1.82, 2.24) is 16.0 Å². The van der Waals surface area contributed by atoms with Crippen LogP contribution >= 0.6 is 0 Å². The molecule has 0 fully saturated rings. The summed E-state index contributed by atoms with van der Waals surface area (Å²) >= 11 is 0. The molecule has 0 radical (unpaired) electrons. The molecule has 0 aliphatic rings. The van der Waals surface area contributed by atoms with Crippen molar-refractivity contribution < 1.29 is 14.7 Å². The van der Waals surface area contributed by atoms with Crippen LogP contribution in [0, 0.1) is 18.3 Å². The summed E-state index contributed by atoms with van der Waals surface area (Å²) in [5.74, 6) is -0.330. The van der Waals surface area contributed by atoms with Gasteiger partial charge in [-0.1, -0.05) is 42.0 Å². The van der Waals surface area contributed by atoms with E-state index in [9.17, 15) is 14.7 Å². The summed E-state index contributed by atoms with van der Waals surface area (Å²) in [6, 6.07) is 14.6. The highest BCUT2D eigenvalue weighted by Crippen LogP contribution is 2.11. The van der Waals surface area contributed by atoms with Crippen molar-refractivity contribution in [2.24, 2.45) is 0 Å². The Hall–Kier alpha value is -3.53. The minimum absolute atomic E-state index is 0.119. The van der Waals surface area contributed by atoms with E-state index >= 15 is 0 Å². The van der Waals surface area contributed by atoms with Gasteiger partial charge in [-0.25, -0.2) is 4.79 Å². The minimum Gasteiger partial charge on any atom is -0.508 e. The van der Waals surface area contributed by atoms with Crippen LogP contribution in [0.15, 0.2) is 48.5 Å². The molecule has 0 saturated carbocycles. The molecule has 27 heavy (non-hydrogen) atoms. The van der Waals surface area contributed by atoms with E-state index < -0.39 is 18.0 Å². The summed E-state index contributed by atoms with van der Waals surface area (Å²) in [5.41, 5.74) is 2.84. The summed E-state index contributed by atoms with van der Waals surface area (Å²) in [5, 5.41) is 25.8. The van der Waals surface area contributed by atoms with Gasteiger partial charge >= 0.3 is 6.03 Å². The maximum Gasteiger partial charge on any atom is 0.315 e. The number of nitrogens with one attached hydrogen (secondary N) is 3. The highest BCUT2D eigenvalue weighted by Gasteiger charge is 2.21. The Labute approximate surface area is 158 Å². The molecule has 7 nitrogen and oxygen atoms in total. The van der Waals surface area contributed by atoms with Crippen LogP contribution in [-0.4, -0.2) is 29.6 Å². The number of amides is 3. The number of carbonyl (C=O) groups excluding carboxylic acids is 2.